The molecule has 0 radical (unpaired) electrons. The molecule has 2 atom stereocenters. The fraction of sp³-hybridized carbons (Fsp3) is 0.696. The molecule has 1 aliphatic heterocycles. The number of likely N-dealkylation sites (tertiary alicyclic amines) is 1. The van der Waals surface area contributed by atoms with Gasteiger partial charge in [0.25, 0.3) is 0 Å². The minimum Gasteiger partial charge on any atom is -0.354 e. The van der Waals surface area contributed by atoms with Crippen LogP contribution in [-0.4, -0.2) is 48.6 Å². The topological polar surface area (TPSA) is 39.7 Å². The lowest BCUT2D eigenvalue weighted by Crippen LogP contribution is -2.49. The van der Waals surface area contributed by atoms with E-state index in [2.05, 4.69) is 60.6 Å². The molecule has 1 saturated heterocycles. The SMILES string of the molecule is CCN=C(NC1CCN(C2CC2)CC1)NC1CC1c1ccc(C(C)C)cc1. The van der Waals surface area contributed by atoms with Crippen LogP contribution in [0.4, 0.5) is 0 Å². The Morgan fingerprint density at radius 1 is 1.07 bits per heavy atom. The van der Waals surface area contributed by atoms with Crippen molar-refractivity contribution in [1.82, 2.24) is 15.5 Å². The highest BCUT2D eigenvalue weighted by atomic mass is 15.2. The van der Waals surface area contributed by atoms with E-state index in [1.54, 1.807) is 0 Å². The predicted molar refractivity (Wildman–Crippen MR) is 114 cm³/mol. The van der Waals surface area contributed by atoms with E-state index in [1.807, 2.05) is 0 Å². The maximum atomic E-state index is 4.71. The lowest BCUT2D eigenvalue weighted by molar-refractivity contribution is 0.197. The van der Waals surface area contributed by atoms with Gasteiger partial charge in [-0.15, -0.1) is 0 Å². The van der Waals surface area contributed by atoms with Gasteiger partial charge >= 0.3 is 0 Å². The standard InChI is InChI=1S/C23H36N4/c1-4-24-23(25-19-11-13-27(14-12-19)20-9-10-20)26-22-15-21(22)18-7-5-17(6-8-18)16(2)3/h5-8,16,19-22H,4,9-15H2,1-3H3,(H2,24,25,26). The fourth-order valence-electron chi connectivity index (χ4n) is 4.36. The van der Waals surface area contributed by atoms with Crippen molar-refractivity contribution in [3.05, 3.63) is 35.4 Å². The summed E-state index contributed by atoms with van der Waals surface area (Å²) in [6, 6.07) is 11.2. The lowest BCUT2D eigenvalue weighted by Gasteiger charge is -2.33. The Bertz CT molecular complexity index is 639. The van der Waals surface area contributed by atoms with Crippen molar-refractivity contribution in [1.29, 1.82) is 0 Å². The minimum atomic E-state index is 0.527. The van der Waals surface area contributed by atoms with Gasteiger partial charge in [-0.05, 0) is 56.1 Å². The summed E-state index contributed by atoms with van der Waals surface area (Å²) in [6.45, 7) is 9.95. The molecule has 4 heteroatoms. The van der Waals surface area contributed by atoms with Crippen molar-refractivity contribution in [2.45, 2.75) is 82.8 Å². The van der Waals surface area contributed by atoms with Gasteiger partial charge in [0, 0.05) is 43.7 Å². The molecular formula is C23H36N4. The zero-order valence-electron chi connectivity index (χ0n) is 17.2. The molecule has 4 rings (SSSR count). The molecule has 0 spiro atoms. The van der Waals surface area contributed by atoms with Gasteiger partial charge in [-0.3, -0.25) is 4.99 Å². The molecular weight excluding hydrogens is 332 g/mol. The highest BCUT2D eigenvalue weighted by Gasteiger charge is 2.39. The Labute approximate surface area is 164 Å². The number of nitrogens with zero attached hydrogens (tertiary/aromatic N) is 2. The maximum Gasteiger partial charge on any atom is 0.191 e. The number of rotatable bonds is 6. The van der Waals surface area contributed by atoms with Crippen LogP contribution >= 0.6 is 0 Å². The Morgan fingerprint density at radius 2 is 1.78 bits per heavy atom. The highest BCUT2D eigenvalue weighted by Crippen LogP contribution is 2.41. The highest BCUT2D eigenvalue weighted by molar-refractivity contribution is 5.81. The van der Waals surface area contributed by atoms with Crippen LogP contribution in [0.1, 0.15) is 75.8 Å². The van der Waals surface area contributed by atoms with Crippen LogP contribution in [0.5, 0.6) is 0 Å². The van der Waals surface area contributed by atoms with Crippen molar-refractivity contribution in [2.24, 2.45) is 4.99 Å². The zero-order chi connectivity index (χ0) is 18.8. The number of aliphatic imine (C=N–C) groups is 1. The second-order valence-corrected chi connectivity index (χ2v) is 8.92. The molecule has 1 heterocycles. The zero-order valence-corrected chi connectivity index (χ0v) is 17.2. The van der Waals surface area contributed by atoms with E-state index in [1.165, 1.54) is 56.3 Å². The van der Waals surface area contributed by atoms with E-state index < -0.39 is 0 Å². The summed E-state index contributed by atoms with van der Waals surface area (Å²) in [5.74, 6) is 2.26. The van der Waals surface area contributed by atoms with E-state index in [-0.39, 0.29) is 0 Å². The molecule has 4 nitrogen and oxygen atoms in total. The third kappa shape index (κ3) is 4.84. The summed E-state index contributed by atoms with van der Waals surface area (Å²) in [5.41, 5.74) is 2.89. The molecule has 0 aromatic heterocycles. The van der Waals surface area contributed by atoms with Gasteiger partial charge in [0.1, 0.15) is 0 Å². The van der Waals surface area contributed by atoms with Gasteiger partial charge in [0.15, 0.2) is 5.96 Å². The van der Waals surface area contributed by atoms with E-state index >= 15 is 0 Å². The minimum absolute atomic E-state index is 0.527. The maximum absolute atomic E-state index is 4.71. The average Bonchev–Trinajstić information content (AvgIpc) is 3.58. The first-order valence-electron chi connectivity index (χ1n) is 11.1. The normalized spacial score (nSPS) is 27.0. The molecule has 27 heavy (non-hydrogen) atoms. The van der Waals surface area contributed by atoms with Gasteiger partial charge in [0.2, 0.25) is 0 Å². The van der Waals surface area contributed by atoms with Gasteiger partial charge in [0.05, 0.1) is 0 Å². The van der Waals surface area contributed by atoms with Crippen LogP contribution in [-0.2, 0) is 0 Å². The van der Waals surface area contributed by atoms with E-state index in [9.17, 15) is 0 Å². The number of benzene rings is 1. The van der Waals surface area contributed by atoms with Crippen molar-refractivity contribution < 1.29 is 0 Å². The van der Waals surface area contributed by atoms with Crippen molar-refractivity contribution in [3.8, 4) is 0 Å². The molecule has 0 bridgehead atoms. The molecule has 2 N–H and O–H groups in total. The van der Waals surface area contributed by atoms with Crippen LogP contribution in [0.25, 0.3) is 0 Å². The van der Waals surface area contributed by atoms with Crippen LogP contribution in [0.3, 0.4) is 0 Å². The third-order valence-corrected chi connectivity index (χ3v) is 6.39. The number of hydrogen-bond acceptors (Lipinski definition) is 2. The van der Waals surface area contributed by atoms with Gasteiger partial charge in [-0.2, -0.15) is 0 Å². The Balaban J connectivity index is 1.27. The summed E-state index contributed by atoms with van der Waals surface area (Å²) in [4.78, 5) is 7.39. The van der Waals surface area contributed by atoms with Crippen LogP contribution in [0, 0.1) is 0 Å². The van der Waals surface area contributed by atoms with Gasteiger partial charge in [-0.1, -0.05) is 38.1 Å². The molecule has 1 aromatic carbocycles. The lowest BCUT2D eigenvalue weighted by atomic mass is 10.0. The van der Waals surface area contributed by atoms with Crippen molar-refractivity contribution in [2.75, 3.05) is 19.6 Å². The number of guanidine groups is 1. The van der Waals surface area contributed by atoms with Crippen LogP contribution in [0.15, 0.2) is 29.3 Å². The first-order valence-corrected chi connectivity index (χ1v) is 11.1. The summed E-state index contributed by atoms with van der Waals surface area (Å²) >= 11 is 0. The van der Waals surface area contributed by atoms with Gasteiger partial charge in [-0.25, -0.2) is 0 Å². The monoisotopic (exact) mass is 368 g/mol. The Hall–Kier alpha value is -1.55. The van der Waals surface area contributed by atoms with E-state index in [4.69, 9.17) is 4.99 Å². The molecule has 3 fully saturated rings. The first kappa shape index (κ1) is 18.8. The molecule has 2 saturated carbocycles. The summed E-state index contributed by atoms with van der Waals surface area (Å²) in [5, 5.41) is 7.41. The summed E-state index contributed by atoms with van der Waals surface area (Å²) in [7, 11) is 0. The summed E-state index contributed by atoms with van der Waals surface area (Å²) < 4.78 is 0. The quantitative estimate of drug-likeness (QED) is 0.592. The smallest absolute Gasteiger partial charge is 0.191 e. The molecule has 148 valence electrons. The molecule has 2 aliphatic carbocycles. The van der Waals surface area contributed by atoms with E-state index in [0.717, 1.165) is 18.5 Å². The second kappa shape index (κ2) is 8.22. The molecule has 1 aromatic rings. The van der Waals surface area contributed by atoms with Crippen molar-refractivity contribution >= 4 is 5.96 Å². The van der Waals surface area contributed by atoms with Crippen molar-refractivity contribution in [3.63, 3.8) is 0 Å². The number of nitrogens with one attached hydrogen (secondary N) is 2. The Morgan fingerprint density at radius 3 is 2.37 bits per heavy atom. The van der Waals surface area contributed by atoms with Crippen LogP contribution < -0.4 is 10.6 Å². The number of hydrogen-bond donors (Lipinski definition) is 2. The molecule has 2 unspecified atom stereocenters. The molecule has 3 aliphatic rings. The summed E-state index contributed by atoms with van der Waals surface area (Å²) in [6.07, 6.45) is 6.54. The third-order valence-electron chi connectivity index (χ3n) is 6.39. The Kier molecular flexibility index (Phi) is 5.72. The molecule has 0 amide bonds. The van der Waals surface area contributed by atoms with E-state index in [0.29, 0.717) is 23.9 Å². The fourth-order valence-corrected chi connectivity index (χ4v) is 4.36. The largest absolute Gasteiger partial charge is 0.354 e. The van der Waals surface area contributed by atoms with Gasteiger partial charge < -0.3 is 15.5 Å². The predicted octanol–water partition coefficient (Wildman–Crippen LogP) is 3.85. The second-order valence-electron chi connectivity index (χ2n) is 8.92. The average molecular weight is 369 g/mol. The first-order chi connectivity index (χ1) is 13.1. The van der Waals surface area contributed by atoms with Crippen LogP contribution in [0.2, 0.25) is 0 Å². The number of piperidine rings is 1.